The largest absolute Gasteiger partial charge is 0.394 e. The molecule has 0 aliphatic carbocycles. The van der Waals surface area contributed by atoms with Crippen molar-refractivity contribution in [2.45, 2.75) is 39.2 Å². The second-order valence-electron chi connectivity index (χ2n) is 6.40. The van der Waals surface area contributed by atoms with Crippen LogP contribution in [0.1, 0.15) is 50.3 Å². The number of hydrogen-bond donors (Lipinski definition) is 1. The summed E-state index contributed by atoms with van der Waals surface area (Å²) in [5.74, 6) is 0.559. The number of piperazine rings is 1. The van der Waals surface area contributed by atoms with Crippen molar-refractivity contribution in [3.63, 3.8) is 0 Å². The Balaban J connectivity index is 1.99. The molecule has 1 saturated heterocycles. The molecule has 2 rings (SSSR count). The van der Waals surface area contributed by atoms with E-state index in [0.29, 0.717) is 5.92 Å². The Morgan fingerprint density at radius 3 is 2.05 bits per heavy atom. The fourth-order valence-electron chi connectivity index (χ4n) is 3.15. The topological polar surface area (TPSA) is 26.7 Å². The molecule has 21 heavy (non-hydrogen) atoms. The standard InChI is InChI=1S/C18H30N2O/c1-4-9-19-10-12-20(13-11-19)18(14-21)17-7-5-16(6-8-17)15(2)3/h5-8,15,18,21H,4,9-14H2,1-3H3. The van der Waals surface area contributed by atoms with Crippen LogP contribution in [-0.2, 0) is 0 Å². The number of rotatable bonds is 6. The fraction of sp³-hybridized carbons (Fsp3) is 0.667. The number of hydrogen-bond acceptors (Lipinski definition) is 3. The van der Waals surface area contributed by atoms with E-state index in [9.17, 15) is 5.11 Å². The quantitative estimate of drug-likeness (QED) is 0.873. The van der Waals surface area contributed by atoms with Crippen molar-refractivity contribution in [2.75, 3.05) is 39.3 Å². The highest BCUT2D eigenvalue weighted by molar-refractivity contribution is 5.27. The second kappa shape index (κ2) is 7.92. The van der Waals surface area contributed by atoms with Crippen LogP contribution in [0.4, 0.5) is 0 Å². The maximum atomic E-state index is 9.82. The number of aliphatic hydroxyl groups excluding tert-OH is 1. The van der Waals surface area contributed by atoms with Crippen molar-refractivity contribution in [3.05, 3.63) is 35.4 Å². The van der Waals surface area contributed by atoms with Gasteiger partial charge < -0.3 is 10.0 Å². The van der Waals surface area contributed by atoms with Crippen LogP contribution in [0.3, 0.4) is 0 Å². The van der Waals surface area contributed by atoms with E-state index < -0.39 is 0 Å². The summed E-state index contributed by atoms with van der Waals surface area (Å²) < 4.78 is 0. The van der Waals surface area contributed by atoms with Gasteiger partial charge in [-0.05, 0) is 30.0 Å². The van der Waals surface area contributed by atoms with Gasteiger partial charge in [0.25, 0.3) is 0 Å². The van der Waals surface area contributed by atoms with E-state index in [1.165, 1.54) is 24.1 Å². The molecular formula is C18H30N2O. The van der Waals surface area contributed by atoms with Gasteiger partial charge in [-0.25, -0.2) is 0 Å². The summed E-state index contributed by atoms with van der Waals surface area (Å²) in [4.78, 5) is 4.95. The third-order valence-electron chi connectivity index (χ3n) is 4.55. The SMILES string of the molecule is CCCN1CCN(C(CO)c2ccc(C(C)C)cc2)CC1. The van der Waals surface area contributed by atoms with Gasteiger partial charge in [0.15, 0.2) is 0 Å². The molecule has 3 nitrogen and oxygen atoms in total. The first-order valence-electron chi connectivity index (χ1n) is 8.32. The third kappa shape index (κ3) is 4.29. The predicted octanol–water partition coefficient (Wildman–Crippen LogP) is 2.87. The van der Waals surface area contributed by atoms with E-state index in [4.69, 9.17) is 0 Å². The van der Waals surface area contributed by atoms with Crippen LogP contribution in [-0.4, -0.2) is 54.2 Å². The summed E-state index contributed by atoms with van der Waals surface area (Å²) in [5.41, 5.74) is 2.61. The minimum Gasteiger partial charge on any atom is -0.394 e. The van der Waals surface area contributed by atoms with Crippen LogP contribution in [0.5, 0.6) is 0 Å². The molecule has 1 aromatic carbocycles. The number of aliphatic hydroxyl groups is 1. The van der Waals surface area contributed by atoms with Gasteiger partial charge in [-0.2, -0.15) is 0 Å². The minimum absolute atomic E-state index is 0.148. The van der Waals surface area contributed by atoms with Gasteiger partial charge in [0, 0.05) is 26.2 Å². The van der Waals surface area contributed by atoms with E-state index in [2.05, 4.69) is 54.8 Å². The first-order valence-corrected chi connectivity index (χ1v) is 8.32. The molecule has 0 aromatic heterocycles. The van der Waals surface area contributed by atoms with Gasteiger partial charge in [-0.3, -0.25) is 4.90 Å². The smallest absolute Gasteiger partial charge is 0.0628 e. The molecule has 0 amide bonds. The zero-order valence-electron chi connectivity index (χ0n) is 13.8. The Morgan fingerprint density at radius 2 is 1.57 bits per heavy atom. The molecule has 1 aliphatic rings. The molecule has 1 unspecified atom stereocenters. The fourth-order valence-corrected chi connectivity index (χ4v) is 3.15. The maximum Gasteiger partial charge on any atom is 0.0628 e. The normalized spacial score (nSPS) is 19.1. The molecule has 1 N–H and O–H groups in total. The molecule has 118 valence electrons. The summed E-state index contributed by atoms with van der Waals surface area (Å²) >= 11 is 0. The van der Waals surface area contributed by atoms with E-state index in [0.717, 1.165) is 26.2 Å². The summed E-state index contributed by atoms with van der Waals surface area (Å²) in [7, 11) is 0. The lowest BCUT2D eigenvalue weighted by molar-refractivity contribution is 0.0651. The van der Waals surface area contributed by atoms with Crippen LogP contribution < -0.4 is 0 Å². The molecule has 1 aromatic rings. The van der Waals surface area contributed by atoms with Crippen molar-refractivity contribution in [1.29, 1.82) is 0 Å². The first kappa shape index (κ1) is 16.5. The minimum atomic E-state index is 0.148. The Labute approximate surface area is 129 Å². The van der Waals surface area contributed by atoms with Crippen LogP contribution in [0.2, 0.25) is 0 Å². The highest BCUT2D eigenvalue weighted by Gasteiger charge is 2.24. The van der Waals surface area contributed by atoms with Gasteiger partial charge in [-0.1, -0.05) is 45.0 Å². The molecule has 1 heterocycles. The third-order valence-corrected chi connectivity index (χ3v) is 4.55. The van der Waals surface area contributed by atoms with Crippen molar-refractivity contribution in [1.82, 2.24) is 9.80 Å². The molecule has 1 fully saturated rings. The van der Waals surface area contributed by atoms with Gasteiger partial charge >= 0.3 is 0 Å². The molecule has 1 atom stereocenters. The highest BCUT2D eigenvalue weighted by atomic mass is 16.3. The molecule has 0 radical (unpaired) electrons. The van der Waals surface area contributed by atoms with E-state index in [1.54, 1.807) is 0 Å². The first-order chi connectivity index (χ1) is 10.2. The van der Waals surface area contributed by atoms with Crippen LogP contribution in [0.15, 0.2) is 24.3 Å². The van der Waals surface area contributed by atoms with E-state index >= 15 is 0 Å². The van der Waals surface area contributed by atoms with Gasteiger partial charge in [0.05, 0.1) is 12.6 Å². The van der Waals surface area contributed by atoms with E-state index in [1.807, 2.05) is 0 Å². The number of nitrogens with zero attached hydrogens (tertiary/aromatic N) is 2. The van der Waals surface area contributed by atoms with Crippen LogP contribution in [0, 0.1) is 0 Å². The summed E-state index contributed by atoms with van der Waals surface area (Å²) in [6.45, 7) is 12.4. The lowest BCUT2D eigenvalue weighted by Gasteiger charge is -2.38. The van der Waals surface area contributed by atoms with Crippen LogP contribution >= 0.6 is 0 Å². The van der Waals surface area contributed by atoms with Gasteiger partial charge in [-0.15, -0.1) is 0 Å². The predicted molar refractivity (Wildman–Crippen MR) is 88.7 cm³/mol. The Kier molecular flexibility index (Phi) is 6.22. The lowest BCUT2D eigenvalue weighted by atomic mass is 9.98. The van der Waals surface area contributed by atoms with Crippen molar-refractivity contribution >= 4 is 0 Å². The van der Waals surface area contributed by atoms with Crippen molar-refractivity contribution < 1.29 is 5.11 Å². The molecular weight excluding hydrogens is 260 g/mol. The highest BCUT2D eigenvalue weighted by Crippen LogP contribution is 2.24. The monoisotopic (exact) mass is 290 g/mol. The average Bonchev–Trinajstić information content (AvgIpc) is 2.50. The van der Waals surface area contributed by atoms with Crippen molar-refractivity contribution in [3.8, 4) is 0 Å². The van der Waals surface area contributed by atoms with Gasteiger partial charge in [0.2, 0.25) is 0 Å². The summed E-state index contributed by atoms with van der Waals surface area (Å²) in [5, 5.41) is 9.82. The Morgan fingerprint density at radius 1 is 1.00 bits per heavy atom. The van der Waals surface area contributed by atoms with Gasteiger partial charge in [0.1, 0.15) is 0 Å². The Bertz CT molecular complexity index is 408. The zero-order valence-corrected chi connectivity index (χ0v) is 13.8. The van der Waals surface area contributed by atoms with Crippen molar-refractivity contribution in [2.24, 2.45) is 0 Å². The summed E-state index contributed by atoms with van der Waals surface area (Å²) in [6.07, 6.45) is 1.22. The molecule has 3 heteroatoms. The second-order valence-corrected chi connectivity index (χ2v) is 6.40. The molecule has 1 aliphatic heterocycles. The molecule has 0 saturated carbocycles. The zero-order chi connectivity index (χ0) is 15.2. The average molecular weight is 290 g/mol. The lowest BCUT2D eigenvalue weighted by Crippen LogP contribution is -2.48. The van der Waals surface area contributed by atoms with Crippen LogP contribution in [0.25, 0.3) is 0 Å². The van der Waals surface area contributed by atoms with E-state index in [-0.39, 0.29) is 12.6 Å². The Hall–Kier alpha value is -0.900. The molecule has 0 spiro atoms. The molecule has 0 bridgehead atoms. The number of benzene rings is 1. The summed E-state index contributed by atoms with van der Waals surface area (Å²) in [6, 6.07) is 8.94. The maximum absolute atomic E-state index is 9.82.